The first-order valence-corrected chi connectivity index (χ1v) is 9.20. The van der Waals surface area contributed by atoms with E-state index in [0.29, 0.717) is 30.0 Å². The molecule has 7 heteroatoms. The molecule has 0 aliphatic heterocycles. The number of nitrogens with zero attached hydrogens (tertiary/aromatic N) is 5. The van der Waals surface area contributed by atoms with Crippen molar-refractivity contribution in [1.29, 1.82) is 0 Å². The van der Waals surface area contributed by atoms with Crippen LogP contribution < -0.4 is 5.32 Å². The summed E-state index contributed by atoms with van der Waals surface area (Å²) >= 11 is 0. The molecule has 0 aliphatic carbocycles. The van der Waals surface area contributed by atoms with Gasteiger partial charge in [0, 0.05) is 36.9 Å². The molecular formula is C21H20N6O. The summed E-state index contributed by atoms with van der Waals surface area (Å²) in [6.45, 7) is 3.17. The van der Waals surface area contributed by atoms with Crippen LogP contribution in [-0.2, 0) is 6.54 Å². The van der Waals surface area contributed by atoms with E-state index in [2.05, 4.69) is 20.4 Å². The van der Waals surface area contributed by atoms with Crippen LogP contribution in [0, 0.1) is 0 Å². The second-order valence-electron chi connectivity index (χ2n) is 6.45. The van der Waals surface area contributed by atoms with Gasteiger partial charge in [0.15, 0.2) is 5.65 Å². The lowest BCUT2D eigenvalue weighted by atomic mass is 10.1. The third-order valence-electron chi connectivity index (χ3n) is 4.40. The van der Waals surface area contributed by atoms with Gasteiger partial charge in [-0.25, -0.2) is 9.67 Å². The summed E-state index contributed by atoms with van der Waals surface area (Å²) in [5.74, 6) is -0.125. The molecule has 0 unspecified atom stereocenters. The summed E-state index contributed by atoms with van der Waals surface area (Å²) in [5.41, 5.74) is 3.78. The van der Waals surface area contributed by atoms with Crippen LogP contribution in [0.3, 0.4) is 0 Å². The summed E-state index contributed by atoms with van der Waals surface area (Å²) in [4.78, 5) is 25.9. The van der Waals surface area contributed by atoms with Crippen LogP contribution in [0.5, 0.6) is 0 Å². The molecule has 4 rings (SSSR count). The highest BCUT2D eigenvalue weighted by molar-refractivity contribution is 6.06. The highest BCUT2D eigenvalue weighted by Crippen LogP contribution is 2.25. The standard InChI is InChI=1S/C21H20N6O/c1-2-7-24-21(28)17-10-19(16-6-4-9-23-12-16)26-20-18(17)13-25-27(20)14-15-5-3-8-22-11-15/h3-6,8-13H,2,7,14H2,1H3,(H,24,28). The number of hydrogen-bond acceptors (Lipinski definition) is 5. The number of pyridine rings is 3. The first-order valence-electron chi connectivity index (χ1n) is 9.20. The predicted octanol–water partition coefficient (Wildman–Crippen LogP) is 3.08. The van der Waals surface area contributed by atoms with E-state index in [1.165, 1.54) is 0 Å². The van der Waals surface area contributed by atoms with Gasteiger partial charge in [-0.05, 0) is 36.2 Å². The second-order valence-corrected chi connectivity index (χ2v) is 6.45. The first-order chi connectivity index (χ1) is 13.8. The van der Waals surface area contributed by atoms with Crippen LogP contribution in [0.15, 0.2) is 61.3 Å². The van der Waals surface area contributed by atoms with E-state index in [9.17, 15) is 4.79 Å². The maximum absolute atomic E-state index is 12.8. The van der Waals surface area contributed by atoms with Crippen molar-refractivity contribution in [3.05, 3.63) is 72.4 Å². The number of fused-ring (bicyclic) bond motifs is 1. The van der Waals surface area contributed by atoms with Crippen LogP contribution in [0.4, 0.5) is 0 Å². The Labute approximate surface area is 162 Å². The molecule has 0 atom stereocenters. The lowest BCUT2D eigenvalue weighted by Crippen LogP contribution is -2.24. The molecule has 4 heterocycles. The van der Waals surface area contributed by atoms with Gasteiger partial charge in [-0.2, -0.15) is 5.10 Å². The number of aromatic nitrogens is 5. The quantitative estimate of drug-likeness (QED) is 0.562. The molecular weight excluding hydrogens is 352 g/mol. The average Bonchev–Trinajstić information content (AvgIpc) is 3.15. The molecule has 0 aliphatic rings. The first kappa shape index (κ1) is 17.8. The Morgan fingerprint density at radius 1 is 1.11 bits per heavy atom. The van der Waals surface area contributed by atoms with Crippen molar-refractivity contribution >= 4 is 16.9 Å². The maximum Gasteiger partial charge on any atom is 0.252 e. The van der Waals surface area contributed by atoms with E-state index >= 15 is 0 Å². The molecule has 140 valence electrons. The zero-order valence-corrected chi connectivity index (χ0v) is 15.5. The molecule has 4 aromatic heterocycles. The smallest absolute Gasteiger partial charge is 0.252 e. The number of carbonyl (C=O) groups is 1. The zero-order chi connectivity index (χ0) is 19.3. The summed E-state index contributed by atoms with van der Waals surface area (Å²) in [5, 5.41) is 8.16. The number of nitrogens with one attached hydrogen (secondary N) is 1. The lowest BCUT2D eigenvalue weighted by Gasteiger charge is -2.09. The molecule has 0 spiro atoms. The van der Waals surface area contributed by atoms with Gasteiger partial charge in [0.05, 0.1) is 29.4 Å². The normalized spacial score (nSPS) is 10.9. The minimum Gasteiger partial charge on any atom is -0.352 e. The fourth-order valence-electron chi connectivity index (χ4n) is 3.01. The van der Waals surface area contributed by atoms with Gasteiger partial charge >= 0.3 is 0 Å². The summed E-state index contributed by atoms with van der Waals surface area (Å²) < 4.78 is 1.79. The molecule has 1 N–H and O–H groups in total. The van der Waals surface area contributed by atoms with Crippen LogP contribution in [-0.4, -0.2) is 37.2 Å². The Kier molecular flexibility index (Phi) is 5.05. The topological polar surface area (TPSA) is 85.6 Å². The van der Waals surface area contributed by atoms with Crippen LogP contribution >= 0.6 is 0 Å². The second kappa shape index (κ2) is 7.96. The van der Waals surface area contributed by atoms with Crippen molar-refractivity contribution in [3.8, 4) is 11.3 Å². The van der Waals surface area contributed by atoms with Crippen molar-refractivity contribution in [1.82, 2.24) is 30.0 Å². The minimum atomic E-state index is -0.125. The van der Waals surface area contributed by atoms with Gasteiger partial charge < -0.3 is 5.32 Å². The third kappa shape index (κ3) is 3.59. The van der Waals surface area contributed by atoms with E-state index < -0.39 is 0 Å². The lowest BCUT2D eigenvalue weighted by molar-refractivity contribution is 0.0955. The SMILES string of the molecule is CCCNC(=O)c1cc(-c2cccnc2)nc2c1cnn2Cc1cccnc1. The molecule has 0 saturated heterocycles. The molecule has 0 aromatic carbocycles. The van der Waals surface area contributed by atoms with Gasteiger partial charge in [-0.1, -0.05) is 13.0 Å². The number of hydrogen-bond donors (Lipinski definition) is 1. The maximum atomic E-state index is 12.8. The van der Waals surface area contributed by atoms with E-state index in [1.807, 2.05) is 31.2 Å². The van der Waals surface area contributed by atoms with Gasteiger partial charge in [0.25, 0.3) is 5.91 Å². The van der Waals surface area contributed by atoms with E-state index in [0.717, 1.165) is 22.9 Å². The molecule has 28 heavy (non-hydrogen) atoms. The van der Waals surface area contributed by atoms with E-state index in [1.54, 1.807) is 41.7 Å². The van der Waals surface area contributed by atoms with Gasteiger partial charge in [-0.15, -0.1) is 0 Å². The Morgan fingerprint density at radius 2 is 1.93 bits per heavy atom. The number of amides is 1. The highest BCUT2D eigenvalue weighted by Gasteiger charge is 2.17. The van der Waals surface area contributed by atoms with Crippen molar-refractivity contribution in [2.45, 2.75) is 19.9 Å². The Morgan fingerprint density at radius 3 is 2.64 bits per heavy atom. The minimum absolute atomic E-state index is 0.125. The third-order valence-corrected chi connectivity index (χ3v) is 4.40. The molecule has 7 nitrogen and oxygen atoms in total. The molecule has 0 fully saturated rings. The largest absolute Gasteiger partial charge is 0.352 e. The Hall–Kier alpha value is -3.61. The summed E-state index contributed by atoms with van der Waals surface area (Å²) in [7, 11) is 0. The van der Waals surface area contributed by atoms with Crippen LogP contribution in [0.25, 0.3) is 22.3 Å². The highest BCUT2D eigenvalue weighted by atomic mass is 16.1. The molecule has 4 aromatic rings. The Bertz CT molecular complexity index is 1090. The van der Waals surface area contributed by atoms with Gasteiger partial charge in [0.2, 0.25) is 0 Å². The zero-order valence-electron chi connectivity index (χ0n) is 15.5. The molecule has 0 radical (unpaired) electrons. The number of carbonyl (C=O) groups excluding carboxylic acids is 1. The van der Waals surface area contributed by atoms with Crippen molar-refractivity contribution in [2.24, 2.45) is 0 Å². The van der Waals surface area contributed by atoms with E-state index in [4.69, 9.17) is 4.98 Å². The monoisotopic (exact) mass is 372 g/mol. The summed E-state index contributed by atoms with van der Waals surface area (Å²) in [6, 6.07) is 9.46. The Balaban J connectivity index is 1.83. The fourth-order valence-corrected chi connectivity index (χ4v) is 3.01. The van der Waals surface area contributed by atoms with Crippen LogP contribution in [0.1, 0.15) is 29.3 Å². The molecule has 0 bridgehead atoms. The average molecular weight is 372 g/mol. The molecule has 1 amide bonds. The van der Waals surface area contributed by atoms with Crippen LogP contribution in [0.2, 0.25) is 0 Å². The molecule has 0 saturated carbocycles. The van der Waals surface area contributed by atoms with E-state index in [-0.39, 0.29) is 5.91 Å². The van der Waals surface area contributed by atoms with Crippen molar-refractivity contribution < 1.29 is 4.79 Å². The fraction of sp³-hybridized carbons (Fsp3) is 0.190. The summed E-state index contributed by atoms with van der Waals surface area (Å²) in [6.07, 6.45) is 9.56. The van der Waals surface area contributed by atoms with Gasteiger partial charge in [0.1, 0.15) is 0 Å². The van der Waals surface area contributed by atoms with Crippen molar-refractivity contribution in [2.75, 3.05) is 6.54 Å². The predicted molar refractivity (Wildman–Crippen MR) is 107 cm³/mol. The number of rotatable bonds is 6. The van der Waals surface area contributed by atoms with Gasteiger partial charge in [-0.3, -0.25) is 14.8 Å². The van der Waals surface area contributed by atoms with Crippen molar-refractivity contribution in [3.63, 3.8) is 0 Å².